The molecule has 2 aromatic carbocycles. The lowest BCUT2D eigenvalue weighted by Gasteiger charge is -2.13. The summed E-state index contributed by atoms with van der Waals surface area (Å²) in [5.41, 5.74) is 1.81. The lowest BCUT2D eigenvalue weighted by atomic mass is 10.0. The van der Waals surface area contributed by atoms with Crippen LogP contribution in [0.4, 0.5) is 0 Å². The van der Waals surface area contributed by atoms with Crippen molar-refractivity contribution in [3.05, 3.63) is 48.5 Å². The van der Waals surface area contributed by atoms with Crippen LogP contribution in [0.2, 0.25) is 0 Å². The standard InChI is InChI=1S/C13H11O3P/c1-17(14)15-12-8-4-2-6-10(12)11-7-3-5-9-13(11)16-17/h2-9H,1H3. The fourth-order valence-electron chi connectivity index (χ4n) is 1.91. The third-order valence-electron chi connectivity index (χ3n) is 2.59. The van der Waals surface area contributed by atoms with Crippen molar-refractivity contribution in [3.63, 3.8) is 0 Å². The highest BCUT2D eigenvalue weighted by atomic mass is 31.2. The monoisotopic (exact) mass is 246 g/mol. The Morgan fingerprint density at radius 2 is 1.24 bits per heavy atom. The van der Waals surface area contributed by atoms with Crippen LogP contribution >= 0.6 is 7.60 Å². The molecule has 2 aromatic rings. The van der Waals surface area contributed by atoms with Gasteiger partial charge in [0.2, 0.25) is 0 Å². The Bertz CT molecular complexity index is 570. The Morgan fingerprint density at radius 1 is 0.824 bits per heavy atom. The maximum Gasteiger partial charge on any atom is 0.427 e. The molecule has 1 aliphatic rings. The van der Waals surface area contributed by atoms with Gasteiger partial charge in [-0.25, -0.2) is 4.57 Å². The minimum Gasteiger partial charge on any atom is -0.416 e. The number of rotatable bonds is 0. The first-order chi connectivity index (χ1) is 8.16. The first kappa shape index (κ1) is 10.4. The lowest BCUT2D eigenvalue weighted by molar-refractivity contribution is 0.399. The summed E-state index contributed by atoms with van der Waals surface area (Å²) in [7, 11) is -3.09. The molecule has 86 valence electrons. The normalized spacial score (nSPS) is 15.8. The maximum absolute atomic E-state index is 12.1. The van der Waals surface area contributed by atoms with Crippen LogP contribution < -0.4 is 9.05 Å². The van der Waals surface area contributed by atoms with Crippen LogP contribution in [-0.2, 0) is 4.57 Å². The average Bonchev–Trinajstić information content (AvgIpc) is 2.40. The largest absolute Gasteiger partial charge is 0.427 e. The van der Waals surface area contributed by atoms with Crippen molar-refractivity contribution in [2.75, 3.05) is 6.66 Å². The molecule has 0 saturated heterocycles. The van der Waals surface area contributed by atoms with Gasteiger partial charge in [-0.2, -0.15) is 0 Å². The van der Waals surface area contributed by atoms with Gasteiger partial charge in [-0.05, 0) is 12.1 Å². The quantitative estimate of drug-likeness (QED) is 0.660. The van der Waals surface area contributed by atoms with Crippen molar-refractivity contribution in [3.8, 4) is 22.6 Å². The SMILES string of the molecule is CP1(=O)Oc2ccccc2-c2ccccc2O1. The van der Waals surface area contributed by atoms with Crippen LogP contribution in [0.3, 0.4) is 0 Å². The second kappa shape index (κ2) is 3.64. The molecule has 0 atom stereocenters. The van der Waals surface area contributed by atoms with Crippen LogP contribution in [0, 0.1) is 0 Å². The summed E-state index contributed by atoms with van der Waals surface area (Å²) in [6, 6.07) is 15.0. The van der Waals surface area contributed by atoms with E-state index in [2.05, 4.69) is 0 Å². The highest BCUT2D eigenvalue weighted by Crippen LogP contribution is 2.53. The minimum absolute atomic E-state index is 0.600. The fourth-order valence-corrected chi connectivity index (χ4v) is 2.98. The summed E-state index contributed by atoms with van der Waals surface area (Å²) < 4.78 is 23.1. The van der Waals surface area contributed by atoms with Crippen LogP contribution in [0.1, 0.15) is 0 Å². The molecule has 0 unspecified atom stereocenters. The molecular weight excluding hydrogens is 235 g/mol. The Kier molecular flexibility index (Phi) is 2.23. The Labute approximate surface area is 99.5 Å². The number of para-hydroxylation sites is 2. The molecule has 0 N–H and O–H groups in total. The van der Waals surface area contributed by atoms with E-state index in [0.717, 1.165) is 11.1 Å². The molecule has 17 heavy (non-hydrogen) atoms. The minimum atomic E-state index is -3.09. The van der Waals surface area contributed by atoms with Gasteiger partial charge in [0, 0.05) is 11.1 Å². The van der Waals surface area contributed by atoms with E-state index in [4.69, 9.17) is 9.05 Å². The number of hydrogen-bond donors (Lipinski definition) is 0. The van der Waals surface area contributed by atoms with E-state index in [1.54, 1.807) is 12.1 Å². The van der Waals surface area contributed by atoms with Crippen molar-refractivity contribution in [1.29, 1.82) is 0 Å². The van der Waals surface area contributed by atoms with Crippen molar-refractivity contribution in [2.45, 2.75) is 0 Å². The Balaban J connectivity index is 2.32. The predicted octanol–water partition coefficient (Wildman–Crippen LogP) is 3.95. The van der Waals surface area contributed by atoms with E-state index in [1.165, 1.54) is 6.66 Å². The van der Waals surface area contributed by atoms with Crippen molar-refractivity contribution in [1.82, 2.24) is 0 Å². The molecule has 3 nitrogen and oxygen atoms in total. The van der Waals surface area contributed by atoms with Crippen molar-refractivity contribution in [2.24, 2.45) is 0 Å². The first-order valence-electron chi connectivity index (χ1n) is 5.31. The van der Waals surface area contributed by atoms with E-state index in [0.29, 0.717) is 11.5 Å². The van der Waals surface area contributed by atoms with Gasteiger partial charge in [-0.3, -0.25) is 0 Å². The van der Waals surface area contributed by atoms with Gasteiger partial charge in [-0.1, -0.05) is 36.4 Å². The van der Waals surface area contributed by atoms with E-state index in [1.807, 2.05) is 36.4 Å². The molecule has 0 amide bonds. The topological polar surface area (TPSA) is 35.5 Å². The zero-order valence-electron chi connectivity index (χ0n) is 9.29. The number of hydrogen-bond acceptors (Lipinski definition) is 3. The van der Waals surface area contributed by atoms with Gasteiger partial charge in [0.25, 0.3) is 0 Å². The summed E-state index contributed by atoms with van der Waals surface area (Å²) >= 11 is 0. The highest BCUT2D eigenvalue weighted by Gasteiger charge is 2.27. The van der Waals surface area contributed by atoms with Crippen LogP contribution in [0.15, 0.2) is 48.5 Å². The summed E-state index contributed by atoms with van der Waals surface area (Å²) in [5.74, 6) is 1.20. The molecule has 4 heteroatoms. The summed E-state index contributed by atoms with van der Waals surface area (Å²) in [6.45, 7) is 1.48. The van der Waals surface area contributed by atoms with Gasteiger partial charge >= 0.3 is 7.60 Å². The second-order valence-corrected chi connectivity index (χ2v) is 5.85. The number of fused-ring (bicyclic) bond motifs is 3. The molecule has 3 rings (SSSR count). The van der Waals surface area contributed by atoms with Gasteiger partial charge in [-0.15, -0.1) is 0 Å². The Morgan fingerprint density at radius 3 is 1.71 bits per heavy atom. The summed E-state index contributed by atoms with van der Waals surface area (Å²) in [5, 5.41) is 0. The van der Waals surface area contributed by atoms with Gasteiger partial charge in [0.05, 0.1) is 6.66 Å². The zero-order chi connectivity index (χ0) is 11.9. The molecule has 0 radical (unpaired) electrons. The Hall–Kier alpha value is -1.73. The van der Waals surface area contributed by atoms with E-state index in [9.17, 15) is 4.57 Å². The zero-order valence-corrected chi connectivity index (χ0v) is 10.2. The summed E-state index contributed by atoms with van der Waals surface area (Å²) in [6.07, 6.45) is 0. The predicted molar refractivity (Wildman–Crippen MR) is 66.7 cm³/mol. The summed E-state index contributed by atoms with van der Waals surface area (Å²) in [4.78, 5) is 0. The van der Waals surface area contributed by atoms with Crippen LogP contribution in [0.25, 0.3) is 11.1 Å². The average molecular weight is 246 g/mol. The van der Waals surface area contributed by atoms with Gasteiger partial charge in [0.1, 0.15) is 11.5 Å². The van der Waals surface area contributed by atoms with Gasteiger partial charge in [0.15, 0.2) is 0 Å². The van der Waals surface area contributed by atoms with Crippen molar-refractivity contribution < 1.29 is 13.6 Å². The van der Waals surface area contributed by atoms with Crippen LogP contribution in [0.5, 0.6) is 11.5 Å². The van der Waals surface area contributed by atoms with Crippen LogP contribution in [-0.4, -0.2) is 6.66 Å². The molecule has 0 fully saturated rings. The molecule has 1 heterocycles. The molecule has 0 spiro atoms. The third kappa shape index (κ3) is 1.83. The molecule has 0 aromatic heterocycles. The van der Waals surface area contributed by atoms with E-state index < -0.39 is 7.60 Å². The highest BCUT2D eigenvalue weighted by molar-refractivity contribution is 7.53. The maximum atomic E-state index is 12.1. The van der Waals surface area contributed by atoms with Gasteiger partial charge < -0.3 is 9.05 Å². The van der Waals surface area contributed by atoms with E-state index in [-0.39, 0.29) is 0 Å². The molecule has 0 bridgehead atoms. The molecule has 1 aliphatic heterocycles. The van der Waals surface area contributed by atoms with Crippen molar-refractivity contribution >= 4 is 7.60 Å². The smallest absolute Gasteiger partial charge is 0.416 e. The van der Waals surface area contributed by atoms with E-state index >= 15 is 0 Å². The molecule has 0 aliphatic carbocycles. The fraction of sp³-hybridized carbons (Fsp3) is 0.0769. The molecule has 0 saturated carbocycles. The first-order valence-corrected chi connectivity index (χ1v) is 7.30. The lowest BCUT2D eigenvalue weighted by Crippen LogP contribution is -1.96. The molecular formula is C13H11O3P. The third-order valence-corrected chi connectivity index (χ3v) is 3.65. The number of benzene rings is 2. The second-order valence-electron chi connectivity index (χ2n) is 3.95.